The Labute approximate surface area is 159 Å². The van der Waals surface area contributed by atoms with Gasteiger partial charge in [-0.15, -0.1) is 11.3 Å². The lowest BCUT2D eigenvalue weighted by atomic mass is 10.2. The fraction of sp³-hybridized carbons (Fsp3) is 0.222. The number of anilines is 1. The van der Waals surface area contributed by atoms with Crippen LogP contribution in [0.1, 0.15) is 35.0 Å². The Bertz CT molecular complexity index is 859. The van der Waals surface area contributed by atoms with Gasteiger partial charge in [-0.25, -0.2) is 0 Å². The number of benzene rings is 1. The molecule has 0 saturated carbocycles. The predicted molar refractivity (Wildman–Crippen MR) is 98.2 cm³/mol. The monoisotopic (exact) mass is 390 g/mol. The summed E-state index contributed by atoms with van der Waals surface area (Å²) in [4.78, 5) is 36.3. The summed E-state index contributed by atoms with van der Waals surface area (Å²) in [5, 5.41) is 13.4. The van der Waals surface area contributed by atoms with Gasteiger partial charge in [-0.3, -0.25) is 14.4 Å². The number of ether oxygens (including phenoxy) is 1. The molecule has 0 spiro atoms. The van der Waals surface area contributed by atoms with Crippen LogP contribution in [0.25, 0.3) is 0 Å². The summed E-state index contributed by atoms with van der Waals surface area (Å²) in [5.41, 5.74) is 0.675. The third-order valence-corrected chi connectivity index (χ3v) is 4.61. The largest absolute Gasteiger partial charge is 0.453 e. The summed E-state index contributed by atoms with van der Waals surface area (Å²) >= 11 is 7.21. The van der Waals surface area contributed by atoms with Crippen LogP contribution in [-0.2, 0) is 14.3 Å². The summed E-state index contributed by atoms with van der Waals surface area (Å²) in [6.45, 7) is 1.43. The SMILES string of the molecule is CC(OC(=O)CCC(=O)c1cccs1)C(=O)Nc1ccc(C#N)c(Cl)c1. The van der Waals surface area contributed by atoms with Crippen LogP contribution in [0.5, 0.6) is 0 Å². The Morgan fingerprint density at radius 2 is 2.08 bits per heavy atom. The molecule has 1 atom stereocenters. The molecule has 1 heterocycles. The van der Waals surface area contributed by atoms with E-state index in [0.29, 0.717) is 16.1 Å². The summed E-state index contributed by atoms with van der Waals surface area (Å²) in [7, 11) is 0. The van der Waals surface area contributed by atoms with E-state index in [0.717, 1.165) is 0 Å². The highest BCUT2D eigenvalue weighted by Crippen LogP contribution is 2.20. The fourth-order valence-corrected chi connectivity index (χ4v) is 2.93. The number of nitrogens with one attached hydrogen (secondary N) is 1. The second kappa shape index (κ2) is 9.13. The molecule has 134 valence electrons. The molecule has 1 aromatic heterocycles. The third-order valence-electron chi connectivity index (χ3n) is 3.39. The van der Waals surface area contributed by atoms with E-state index in [1.807, 2.05) is 6.07 Å². The lowest BCUT2D eigenvalue weighted by Crippen LogP contribution is -2.30. The van der Waals surface area contributed by atoms with Crippen molar-refractivity contribution in [1.29, 1.82) is 5.26 Å². The number of thiophene rings is 1. The van der Waals surface area contributed by atoms with Crippen LogP contribution in [0.3, 0.4) is 0 Å². The van der Waals surface area contributed by atoms with Crippen LogP contribution < -0.4 is 5.32 Å². The van der Waals surface area contributed by atoms with Crippen LogP contribution in [0, 0.1) is 11.3 Å². The summed E-state index contributed by atoms with van der Waals surface area (Å²) in [5.74, 6) is -1.31. The lowest BCUT2D eigenvalue weighted by molar-refractivity contribution is -0.153. The Morgan fingerprint density at radius 1 is 1.31 bits per heavy atom. The molecule has 2 aromatic rings. The number of hydrogen-bond donors (Lipinski definition) is 1. The van der Waals surface area contributed by atoms with Crippen molar-refractivity contribution in [1.82, 2.24) is 0 Å². The molecule has 8 heteroatoms. The highest BCUT2D eigenvalue weighted by molar-refractivity contribution is 7.12. The molecular formula is C18H15ClN2O4S. The molecule has 26 heavy (non-hydrogen) atoms. The molecule has 1 N–H and O–H groups in total. The standard InChI is InChI=1S/C18H15ClN2O4S/c1-11(18(24)21-13-5-4-12(10-20)14(19)9-13)25-17(23)7-6-15(22)16-3-2-8-26-16/h2-5,8-9,11H,6-7H2,1H3,(H,21,24). The number of carbonyl (C=O) groups is 3. The summed E-state index contributed by atoms with van der Waals surface area (Å²) in [6.07, 6.45) is -1.11. The molecular weight excluding hydrogens is 376 g/mol. The second-order valence-electron chi connectivity index (χ2n) is 5.33. The van der Waals surface area contributed by atoms with E-state index in [1.165, 1.54) is 36.5 Å². The van der Waals surface area contributed by atoms with E-state index in [-0.39, 0.29) is 23.6 Å². The zero-order valence-electron chi connectivity index (χ0n) is 13.8. The van der Waals surface area contributed by atoms with Crippen LogP contribution in [0.4, 0.5) is 5.69 Å². The van der Waals surface area contributed by atoms with Crippen LogP contribution in [0.15, 0.2) is 35.7 Å². The summed E-state index contributed by atoms with van der Waals surface area (Å²) < 4.78 is 5.04. The van der Waals surface area contributed by atoms with Gasteiger partial charge >= 0.3 is 5.97 Å². The number of halogens is 1. The number of amides is 1. The van der Waals surface area contributed by atoms with Gasteiger partial charge < -0.3 is 10.1 Å². The van der Waals surface area contributed by atoms with Crippen molar-refractivity contribution in [2.45, 2.75) is 25.9 Å². The number of rotatable bonds is 7. The number of hydrogen-bond acceptors (Lipinski definition) is 6. The molecule has 0 aliphatic rings. The molecule has 6 nitrogen and oxygen atoms in total. The Kier molecular flexibility index (Phi) is 6.89. The first-order valence-electron chi connectivity index (χ1n) is 7.67. The molecule has 1 unspecified atom stereocenters. The van der Waals surface area contributed by atoms with Gasteiger partial charge in [0.05, 0.1) is 21.9 Å². The van der Waals surface area contributed by atoms with Crippen LogP contribution in [0.2, 0.25) is 5.02 Å². The van der Waals surface area contributed by atoms with Gasteiger partial charge in [0.2, 0.25) is 0 Å². The van der Waals surface area contributed by atoms with Gasteiger partial charge in [-0.05, 0) is 36.6 Å². The number of ketones is 1. The van der Waals surface area contributed by atoms with E-state index in [2.05, 4.69) is 5.32 Å². The minimum Gasteiger partial charge on any atom is -0.453 e. The Balaban J connectivity index is 1.82. The minimum atomic E-state index is -1.03. The maximum absolute atomic E-state index is 12.1. The average molecular weight is 391 g/mol. The topological polar surface area (TPSA) is 96.3 Å². The first kappa shape index (κ1) is 19.6. The second-order valence-corrected chi connectivity index (χ2v) is 6.68. The minimum absolute atomic E-state index is 0.0267. The van der Waals surface area contributed by atoms with Crippen molar-refractivity contribution in [3.63, 3.8) is 0 Å². The molecule has 1 aromatic carbocycles. The van der Waals surface area contributed by atoms with Gasteiger partial charge in [0.25, 0.3) is 5.91 Å². The molecule has 0 saturated heterocycles. The number of carbonyl (C=O) groups excluding carboxylic acids is 3. The van der Waals surface area contributed by atoms with Crippen LogP contribution in [-0.4, -0.2) is 23.8 Å². The molecule has 1 amide bonds. The fourth-order valence-electron chi connectivity index (χ4n) is 2.01. The van der Waals surface area contributed by atoms with E-state index in [9.17, 15) is 14.4 Å². The van der Waals surface area contributed by atoms with Crippen molar-refractivity contribution in [3.05, 3.63) is 51.2 Å². The van der Waals surface area contributed by atoms with Crippen molar-refractivity contribution in [2.24, 2.45) is 0 Å². The highest BCUT2D eigenvalue weighted by atomic mass is 35.5. The van der Waals surface area contributed by atoms with E-state index >= 15 is 0 Å². The highest BCUT2D eigenvalue weighted by Gasteiger charge is 2.19. The predicted octanol–water partition coefficient (Wildman–Crippen LogP) is 3.81. The maximum Gasteiger partial charge on any atom is 0.307 e. The number of Topliss-reactive ketones (excluding diaryl/α,β-unsaturated/α-hetero) is 1. The van der Waals surface area contributed by atoms with Gasteiger partial charge in [0.15, 0.2) is 11.9 Å². The lowest BCUT2D eigenvalue weighted by Gasteiger charge is -2.13. The quantitative estimate of drug-likeness (QED) is 0.572. The zero-order chi connectivity index (χ0) is 19.1. The van der Waals surface area contributed by atoms with E-state index in [4.69, 9.17) is 21.6 Å². The molecule has 0 radical (unpaired) electrons. The first-order chi connectivity index (χ1) is 12.4. The zero-order valence-corrected chi connectivity index (χ0v) is 15.4. The van der Waals surface area contributed by atoms with E-state index in [1.54, 1.807) is 17.5 Å². The molecule has 2 rings (SSSR count). The van der Waals surface area contributed by atoms with Crippen LogP contribution >= 0.6 is 22.9 Å². The number of nitrogens with zero attached hydrogens (tertiary/aromatic N) is 1. The first-order valence-corrected chi connectivity index (χ1v) is 8.93. The number of nitriles is 1. The van der Waals surface area contributed by atoms with Crippen molar-refractivity contribution in [2.75, 3.05) is 5.32 Å². The molecule has 0 bridgehead atoms. The summed E-state index contributed by atoms with van der Waals surface area (Å²) in [6, 6.07) is 9.81. The molecule has 0 aliphatic carbocycles. The van der Waals surface area contributed by atoms with Gasteiger partial charge in [0, 0.05) is 12.1 Å². The van der Waals surface area contributed by atoms with Gasteiger partial charge in [-0.1, -0.05) is 17.7 Å². The molecule has 0 fully saturated rings. The van der Waals surface area contributed by atoms with Crippen molar-refractivity contribution >= 4 is 46.3 Å². The van der Waals surface area contributed by atoms with Crippen molar-refractivity contribution in [3.8, 4) is 6.07 Å². The van der Waals surface area contributed by atoms with E-state index < -0.39 is 18.0 Å². The van der Waals surface area contributed by atoms with Gasteiger partial charge in [0.1, 0.15) is 6.07 Å². The smallest absolute Gasteiger partial charge is 0.307 e. The Morgan fingerprint density at radius 3 is 2.69 bits per heavy atom. The maximum atomic E-state index is 12.1. The normalized spacial score (nSPS) is 11.3. The average Bonchev–Trinajstić information content (AvgIpc) is 3.14. The van der Waals surface area contributed by atoms with Crippen molar-refractivity contribution < 1.29 is 19.1 Å². The molecule has 0 aliphatic heterocycles. The Hall–Kier alpha value is -2.69. The van der Waals surface area contributed by atoms with Gasteiger partial charge in [-0.2, -0.15) is 5.26 Å². The third kappa shape index (κ3) is 5.41. The number of esters is 1.